The minimum atomic E-state index is -2.95. The van der Waals surface area contributed by atoms with Crippen LogP contribution in [0.1, 0.15) is 10.4 Å². The van der Waals surface area contributed by atoms with Crippen LogP contribution in [0, 0.1) is 0 Å². The molecule has 10 heteroatoms. The van der Waals surface area contributed by atoms with Crippen molar-refractivity contribution in [1.29, 1.82) is 0 Å². The summed E-state index contributed by atoms with van der Waals surface area (Å²) >= 11 is 1.17. The summed E-state index contributed by atoms with van der Waals surface area (Å²) in [5.74, 6) is -0.538. The normalized spacial score (nSPS) is 10.7. The van der Waals surface area contributed by atoms with Gasteiger partial charge in [0.1, 0.15) is 11.5 Å². The van der Waals surface area contributed by atoms with E-state index >= 15 is 0 Å². The van der Waals surface area contributed by atoms with Gasteiger partial charge in [0.25, 0.3) is 5.91 Å². The third-order valence-corrected chi connectivity index (χ3v) is 4.85. The van der Waals surface area contributed by atoms with E-state index in [1.165, 1.54) is 36.0 Å². The zero-order valence-corrected chi connectivity index (χ0v) is 16.6. The summed E-state index contributed by atoms with van der Waals surface area (Å²) in [7, 11) is 1.58. The maximum atomic E-state index is 12.2. The number of halogens is 2. The monoisotopic (exact) mass is 433 g/mol. The number of carbonyl (C=O) groups is 2. The highest BCUT2D eigenvalue weighted by Gasteiger charge is 2.14. The lowest BCUT2D eigenvalue weighted by molar-refractivity contribution is -0.117. The van der Waals surface area contributed by atoms with Crippen LogP contribution in [0.3, 0.4) is 0 Å². The first kappa shape index (κ1) is 21.3. The van der Waals surface area contributed by atoms with Crippen molar-refractivity contribution in [2.24, 2.45) is 0 Å². The number of benzene rings is 2. The lowest BCUT2D eigenvalue weighted by Gasteiger charge is -2.09. The first-order valence-corrected chi connectivity index (χ1v) is 9.64. The number of nitrogens with one attached hydrogen (secondary N) is 1. The standard InChI is InChI=1S/C20H17F2N3O4S/c1-28-15-8-4-14(5-9-15)25-11-10-23-20(25)30-12-17(26)24-18(27)13-2-6-16(7-3-13)29-19(21)22/h2-11,19H,12H2,1H3,(H,24,26,27). The number of hydrogen-bond acceptors (Lipinski definition) is 6. The van der Waals surface area contributed by atoms with Crippen LogP contribution in [-0.4, -0.2) is 40.8 Å². The Balaban J connectivity index is 1.56. The Labute approximate surface area is 175 Å². The molecule has 156 valence electrons. The molecule has 2 amide bonds. The molecule has 0 saturated heterocycles. The number of thioether (sulfide) groups is 1. The van der Waals surface area contributed by atoms with Crippen LogP contribution in [0.4, 0.5) is 8.78 Å². The van der Waals surface area contributed by atoms with E-state index in [0.29, 0.717) is 5.16 Å². The first-order valence-electron chi connectivity index (χ1n) is 8.66. The minimum absolute atomic E-state index is 0.0362. The van der Waals surface area contributed by atoms with Gasteiger partial charge in [-0.1, -0.05) is 11.8 Å². The van der Waals surface area contributed by atoms with Crippen molar-refractivity contribution in [3.05, 3.63) is 66.5 Å². The van der Waals surface area contributed by atoms with E-state index in [1.54, 1.807) is 24.1 Å². The largest absolute Gasteiger partial charge is 0.497 e. The second-order valence-electron chi connectivity index (χ2n) is 5.85. The molecule has 0 aliphatic carbocycles. The van der Waals surface area contributed by atoms with E-state index in [2.05, 4.69) is 15.0 Å². The van der Waals surface area contributed by atoms with Crippen LogP contribution < -0.4 is 14.8 Å². The van der Waals surface area contributed by atoms with Gasteiger partial charge in [0.05, 0.1) is 12.9 Å². The topological polar surface area (TPSA) is 82.5 Å². The molecule has 1 heterocycles. The van der Waals surface area contributed by atoms with Gasteiger partial charge in [-0.25, -0.2) is 4.98 Å². The summed E-state index contributed by atoms with van der Waals surface area (Å²) in [5.41, 5.74) is 0.994. The summed E-state index contributed by atoms with van der Waals surface area (Å²) in [6.45, 7) is -2.95. The van der Waals surface area contributed by atoms with E-state index in [0.717, 1.165) is 11.4 Å². The zero-order valence-electron chi connectivity index (χ0n) is 15.7. The van der Waals surface area contributed by atoms with Gasteiger partial charge in [-0.2, -0.15) is 8.78 Å². The molecule has 0 aliphatic rings. The number of rotatable bonds is 8. The molecule has 2 aromatic carbocycles. The third kappa shape index (κ3) is 5.57. The average Bonchev–Trinajstić information content (AvgIpc) is 3.21. The second-order valence-corrected chi connectivity index (χ2v) is 6.79. The molecule has 0 aliphatic heterocycles. The third-order valence-electron chi connectivity index (χ3n) is 3.88. The second kappa shape index (κ2) is 9.88. The van der Waals surface area contributed by atoms with Crippen LogP contribution >= 0.6 is 11.8 Å². The molecule has 0 spiro atoms. The molecule has 0 saturated carbocycles. The SMILES string of the molecule is COc1ccc(-n2ccnc2SCC(=O)NC(=O)c2ccc(OC(F)F)cc2)cc1. The number of nitrogens with zero attached hydrogens (tertiary/aromatic N) is 2. The smallest absolute Gasteiger partial charge is 0.387 e. The van der Waals surface area contributed by atoms with E-state index in [9.17, 15) is 18.4 Å². The number of alkyl halides is 2. The van der Waals surface area contributed by atoms with Gasteiger partial charge < -0.3 is 9.47 Å². The summed E-state index contributed by atoms with van der Waals surface area (Å²) < 4.78 is 35.5. The molecule has 1 N–H and O–H groups in total. The predicted octanol–water partition coefficient (Wildman–Crippen LogP) is 3.53. The van der Waals surface area contributed by atoms with Crippen molar-refractivity contribution < 1.29 is 27.8 Å². The van der Waals surface area contributed by atoms with Crippen LogP contribution in [0.15, 0.2) is 66.1 Å². The molecular weight excluding hydrogens is 416 g/mol. The van der Waals surface area contributed by atoms with Gasteiger partial charge in [0.2, 0.25) is 5.91 Å². The number of methoxy groups -OCH3 is 1. The quantitative estimate of drug-likeness (QED) is 0.548. The molecule has 0 fully saturated rings. The Morgan fingerprint density at radius 1 is 1.10 bits per heavy atom. The predicted molar refractivity (Wildman–Crippen MR) is 106 cm³/mol. The zero-order chi connectivity index (χ0) is 21.5. The number of ether oxygens (including phenoxy) is 2. The van der Waals surface area contributed by atoms with Gasteiger partial charge in [-0.05, 0) is 48.5 Å². The number of carbonyl (C=O) groups excluding carboxylic acids is 2. The average molecular weight is 433 g/mol. The maximum Gasteiger partial charge on any atom is 0.387 e. The fourth-order valence-electron chi connectivity index (χ4n) is 2.49. The van der Waals surface area contributed by atoms with Gasteiger partial charge in [-0.15, -0.1) is 0 Å². The van der Waals surface area contributed by atoms with Gasteiger partial charge >= 0.3 is 6.61 Å². The van der Waals surface area contributed by atoms with Crippen molar-refractivity contribution in [3.8, 4) is 17.2 Å². The van der Waals surface area contributed by atoms with E-state index in [1.807, 2.05) is 24.3 Å². The number of hydrogen-bond donors (Lipinski definition) is 1. The molecule has 0 radical (unpaired) electrons. The first-order chi connectivity index (χ1) is 14.5. The molecule has 1 aromatic heterocycles. The number of aromatic nitrogens is 2. The molecule has 3 rings (SSSR count). The van der Waals surface area contributed by atoms with Crippen molar-refractivity contribution >= 4 is 23.6 Å². The van der Waals surface area contributed by atoms with Gasteiger partial charge in [0, 0.05) is 23.6 Å². The highest BCUT2D eigenvalue weighted by Crippen LogP contribution is 2.22. The Hall–Kier alpha value is -3.40. The summed E-state index contributed by atoms with van der Waals surface area (Å²) in [6, 6.07) is 12.4. The van der Waals surface area contributed by atoms with Crippen molar-refractivity contribution in [1.82, 2.24) is 14.9 Å². The Bertz CT molecular complexity index is 1010. The lowest BCUT2D eigenvalue weighted by Crippen LogP contribution is -2.31. The maximum absolute atomic E-state index is 12.2. The number of imide groups is 1. The van der Waals surface area contributed by atoms with Crippen molar-refractivity contribution in [2.75, 3.05) is 12.9 Å². The van der Waals surface area contributed by atoms with E-state index in [4.69, 9.17) is 4.74 Å². The molecule has 0 atom stereocenters. The van der Waals surface area contributed by atoms with E-state index in [-0.39, 0.29) is 17.1 Å². The molecule has 30 heavy (non-hydrogen) atoms. The van der Waals surface area contributed by atoms with Crippen LogP contribution in [0.5, 0.6) is 11.5 Å². The molecule has 3 aromatic rings. The molecule has 0 bridgehead atoms. The van der Waals surface area contributed by atoms with Crippen molar-refractivity contribution in [2.45, 2.75) is 11.8 Å². The van der Waals surface area contributed by atoms with Gasteiger partial charge in [0.15, 0.2) is 5.16 Å². The summed E-state index contributed by atoms with van der Waals surface area (Å²) in [4.78, 5) is 28.5. The fraction of sp³-hybridized carbons (Fsp3) is 0.150. The van der Waals surface area contributed by atoms with Crippen LogP contribution in [0.25, 0.3) is 5.69 Å². The molecule has 7 nitrogen and oxygen atoms in total. The summed E-state index contributed by atoms with van der Waals surface area (Å²) in [6.07, 6.45) is 3.37. The highest BCUT2D eigenvalue weighted by atomic mass is 32.2. The van der Waals surface area contributed by atoms with Crippen LogP contribution in [-0.2, 0) is 4.79 Å². The fourth-order valence-corrected chi connectivity index (χ4v) is 3.26. The van der Waals surface area contributed by atoms with E-state index < -0.39 is 18.4 Å². The Morgan fingerprint density at radius 2 is 1.77 bits per heavy atom. The molecular formula is C20H17F2N3O4S. The Morgan fingerprint density at radius 3 is 2.40 bits per heavy atom. The summed E-state index contributed by atoms with van der Waals surface area (Å²) in [5, 5.41) is 2.83. The lowest BCUT2D eigenvalue weighted by atomic mass is 10.2. The number of amides is 2. The molecule has 0 unspecified atom stereocenters. The van der Waals surface area contributed by atoms with Gasteiger partial charge in [-0.3, -0.25) is 19.5 Å². The highest BCUT2D eigenvalue weighted by molar-refractivity contribution is 7.99. The Kier molecular flexibility index (Phi) is 7.02. The van der Waals surface area contributed by atoms with Crippen LogP contribution in [0.2, 0.25) is 0 Å². The van der Waals surface area contributed by atoms with Crippen molar-refractivity contribution in [3.63, 3.8) is 0 Å². The number of imidazole rings is 1. The minimum Gasteiger partial charge on any atom is -0.497 e.